The topological polar surface area (TPSA) is 71.0 Å². The first kappa shape index (κ1) is 20.9. The summed E-state index contributed by atoms with van der Waals surface area (Å²) in [4.78, 5) is 14.5. The van der Waals surface area contributed by atoms with E-state index in [9.17, 15) is 23.1 Å². The van der Waals surface area contributed by atoms with Crippen LogP contribution in [0.15, 0.2) is 30.3 Å². The van der Waals surface area contributed by atoms with E-state index >= 15 is 0 Å². The predicted molar refractivity (Wildman–Crippen MR) is 99.7 cm³/mol. The summed E-state index contributed by atoms with van der Waals surface area (Å²) in [7, 11) is 0. The number of nitrogens with one attached hydrogen (secondary N) is 1. The van der Waals surface area contributed by atoms with Crippen LogP contribution in [-0.4, -0.2) is 55.4 Å². The summed E-state index contributed by atoms with van der Waals surface area (Å²) in [5.74, 6) is -5.44. The molecule has 0 aromatic heterocycles. The Hall–Kier alpha value is -2.78. The first-order valence-corrected chi connectivity index (χ1v) is 9.16. The van der Waals surface area contributed by atoms with Crippen molar-refractivity contribution in [3.63, 3.8) is 0 Å². The SMILES string of the molecule is O=C(Nc1ccc(F)c(F)c1F)c1ccc(OCCCN2CCOCC2)cc1O. The predicted octanol–water partition coefficient (Wildman–Crippen LogP) is 3.16. The Morgan fingerprint density at radius 1 is 1.14 bits per heavy atom. The molecule has 2 N–H and O–H groups in total. The number of phenolic OH excluding ortho intramolecular Hbond substituents is 1. The van der Waals surface area contributed by atoms with Crippen LogP contribution < -0.4 is 10.1 Å². The van der Waals surface area contributed by atoms with E-state index in [2.05, 4.69) is 10.2 Å². The van der Waals surface area contributed by atoms with Gasteiger partial charge in [-0.05, 0) is 30.7 Å². The number of aromatic hydroxyl groups is 1. The van der Waals surface area contributed by atoms with Gasteiger partial charge in [-0.3, -0.25) is 9.69 Å². The molecule has 0 aliphatic carbocycles. The largest absolute Gasteiger partial charge is 0.507 e. The lowest BCUT2D eigenvalue weighted by Crippen LogP contribution is -2.37. The van der Waals surface area contributed by atoms with Crippen LogP contribution in [0.4, 0.5) is 18.9 Å². The van der Waals surface area contributed by atoms with Crippen LogP contribution in [0.3, 0.4) is 0 Å². The Labute approximate surface area is 165 Å². The Morgan fingerprint density at radius 3 is 2.62 bits per heavy atom. The van der Waals surface area contributed by atoms with Gasteiger partial charge < -0.3 is 19.9 Å². The fraction of sp³-hybridized carbons (Fsp3) is 0.350. The van der Waals surface area contributed by atoms with E-state index < -0.39 is 29.0 Å². The first-order valence-electron chi connectivity index (χ1n) is 9.16. The van der Waals surface area contributed by atoms with E-state index in [1.165, 1.54) is 18.2 Å². The number of halogens is 3. The fourth-order valence-corrected chi connectivity index (χ4v) is 2.91. The van der Waals surface area contributed by atoms with Crippen LogP contribution in [0, 0.1) is 17.5 Å². The molecule has 0 spiro atoms. The second kappa shape index (κ2) is 9.62. The molecule has 1 heterocycles. The zero-order valence-corrected chi connectivity index (χ0v) is 15.6. The van der Waals surface area contributed by atoms with Crippen LogP contribution in [0.1, 0.15) is 16.8 Å². The molecule has 1 fully saturated rings. The van der Waals surface area contributed by atoms with Gasteiger partial charge in [0, 0.05) is 25.7 Å². The van der Waals surface area contributed by atoms with Gasteiger partial charge in [-0.2, -0.15) is 0 Å². The van der Waals surface area contributed by atoms with Gasteiger partial charge in [-0.1, -0.05) is 0 Å². The normalized spacial score (nSPS) is 14.6. The maximum absolute atomic E-state index is 13.7. The lowest BCUT2D eigenvalue weighted by Gasteiger charge is -2.26. The molecule has 9 heteroatoms. The summed E-state index contributed by atoms with van der Waals surface area (Å²) < 4.78 is 50.8. The minimum Gasteiger partial charge on any atom is -0.507 e. The molecule has 0 atom stereocenters. The lowest BCUT2D eigenvalue weighted by atomic mass is 10.1. The highest BCUT2D eigenvalue weighted by Gasteiger charge is 2.18. The van der Waals surface area contributed by atoms with Gasteiger partial charge in [0.15, 0.2) is 17.5 Å². The van der Waals surface area contributed by atoms with Crippen molar-refractivity contribution in [2.24, 2.45) is 0 Å². The van der Waals surface area contributed by atoms with Crippen LogP contribution in [0.25, 0.3) is 0 Å². The number of anilines is 1. The summed E-state index contributed by atoms with van der Waals surface area (Å²) in [5.41, 5.74) is -0.688. The molecule has 1 amide bonds. The molecule has 156 valence electrons. The van der Waals surface area contributed by atoms with Gasteiger partial charge in [0.1, 0.15) is 11.5 Å². The highest BCUT2D eigenvalue weighted by molar-refractivity contribution is 6.06. The smallest absolute Gasteiger partial charge is 0.259 e. The standard InChI is InChI=1S/C20H21F3N2O4/c21-15-4-5-16(19(23)18(15)22)24-20(27)14-3-2-13(12-17(14)26)29-9-1-6-25-7-10-28-11-8-25/h2-5,12,26H,1,6-11H2,(H,24,27). The number of carbonyl (C=O) groups excluding carboxylic acids is 1. The monoisotopic (exact) mass is 410 g/mol. The van der Waals surface area contributed by atoms with Crippen LogP contribution in [0.2, 0.25) is 0 Å². The van der Waals surface area contributed by atoms with Gasteiger partial charge in [0.25, 0.3) is 5.91 Å². The molecular formula is C20H21F3N2O4. The first-order chi connectivity index (χ1) is 14.0. The molecule has 2 aromatic rings. The number of morpholine rings is 1. The van der Waals surface area contributed by atoms with Crippen molar-refractivity contribution in [1.29, 1.82) is 0 Å². The number of benzene rings is 2. The van der Waals surface area contributed by atoms with Crippen LogP contribution >= 0.6 is 0 Å². The van der Waals surface area contributed by atoms with Crippen LogP contribution in [-0.2, 0) is 4.74 Å². The van der Waals surface area contributed by atoms with Gasteiger partial charge >= 0.3 is 0 Å². The third-order valence-electron chi connectivity index (χ3n) is 4.49. The van der Waals surface area contributed by atoms with Crippen molar-refractivity contribution < 1.29 is 32.5 Å². The minimum atomic E-state index is -1.69. The average Bonchev–Trinajstić information content (AvgIpc) is 2.72. The molecule has 0 unspecified atom stereocenters. The molecule has 0 radical (unpaired) electrons. The number of nitrogens with zero attached hydrogens (tertiary/aromatic N) is 1. The third kappa shape index (κ3) is 5.39. The maximum Gasteiger partial charge on any atom is 0.259 e. The second-order valence-electron chi connectivity index (χ2n) is 6.51. The molecule has 0 bridgehead atoms. The van der Waals surface area contributed by atoms with E-state index in [1.54, 1.807) is 0 Å². The minimum absolute atomic E-state index is 0.158. The van der Waals surface area contributed by atoms with Gasteiger partial charge in [0.05, 0.1) is 31.1 Å². The Morgan fingerprint density at radius 2 is 1.90 bits per heavy atom. The van der Waals surface area contributed by atoms with Gasteiger partial charge in [-0.15, -0.1) is 0 Å². The molecule has 1 aliphatic rings. The third-order valence-corrected chi connectivity index (χ3v) is 4.49. The van der Waals surface area contributed by atoms with Crippen molar-refractivity contribution in [3.05, 3.63) is 53.3 Å². The number of rotatable bonds is 7. The van der Waals surface area contributed by atoms with Crippen molar-refractivity contribution in [3.8, 4) is 11.5 Å². The highest BCUT2D eigenvalue weighted by Crippen LogP contribution is 2.26. The molecule has 6 nitrogen and oxygen atoms in total. The Balaban J connectivity index is 1.54. The molecule has 1 aliphatic heterocycles. The molecule has 2 aromatic carbocycles. The maximum atomic E-state index is 13.7. The molecule has 29 heavy (non-hydrogen) atoms. The zero-order valence-electron chi connectivity index (χ0n) is 15.6. The van der Waals surface area contributed by atoms with Crippen molar-refractivity contribution in [1.82, 2.24) is 4.90 Å². The van der Waals surface area contributed by atoms with E-state index in [4.69, 9.17) is 9.47 Å². The summed E-state index contributed by atoms with van der Waals surface area (Å²) in [5, 5.41) is 12.2. The number of phenols is 1. The summed E-state index contributed by atoms with van der Waals surface area (Å²) in [6.07, 6.45) is 0.790. The molecule has 3 rings (SSSR count). The van der Waals surface area contributed by atoms with Crippen molar-refractivity contribution in [2.75, 3.05) is 44.8 Å². The Bertz CT molecular complexity index is 873. The van der Waals surface area contributed by atoms with E-state index in [-0.39, 0.29) is 11.3 Å². The fourth-order valence-electron chi connectivity index (χ4n) is 2.91. The van der Waals surface area contributed by atoms with E-state index in [1.807, 2.05) is 0 Å². The van der Waals surface area contributed by atoms with Gasteiger partial charge in [-0.25, -0.2) is 13.2 Å². The number of ether oxygens (including phenoxy) is 2. The van der Waals surface area contributed by atoms with Crippen LogP contribution in [0.5, 0.6) is 11.5 Å². The van der Waals surface area contributed by atoms with E-state index in [0.717, 1.165) is 45.3 Å². The second-order valence-corrected chi connectivity index (χ2v) is 6.51. The number of hydrogen-bond donors (Lipinski definition) is 2. The molecular weight excluding hydrogens is 389 g/mol. The summed E-state index contributed by atoms with van der Waals surface area (Å²) >= 11 is 0. The quantitative estimate of drug-likeness (QED) is 0.542. The Kier molecular flexibility index (Phi) is 6.95. The molecule has 1 saturated heterocycles. The van der Waals surface area contributed by atoms with Crippen molar-refractivity contribution in [2.45, 2.75) is 6.42 Å². The number of amides is 1. The molecule has 0 saturated carbocycles. The lowest BCUT2D eigenvalue weighted by molar-refractivity contribution is 0.0358. The summed E-state index contributed by atoms with van der Waals surface area (Å²) in [6.45, 7) is 4.55. The van der Waals surface area contributed by atoms with Crippen molar-refractivity contribution >= 4 is 11.6 Å². The van der Waals surface area contributed by atoms with E-state index in [0.29, 0.717) is 18.4 Å². The zero-order chi connectivity index (χ0) is 20.8. The number of carbonyl (C=O) groups is 1. The van der Waals surface area contributed by atoms with Gasteiger partial charge in [0.2, 0.25) is 0 Å². The summed E-state index contributed by atoms with van der Waals surface area (Å²) in [6, 6.07) is 5.66. The average molecular weight is 410 g/mol. The highest BCUT2D eigenvalue weighted by atomic mass is 19.2. The number of hydrogen-bond acceptors (Lipinski definition) is 5.